The van der Waals surface area contributed by atoms with Gasteiger partial charge in [-0.2, -0.15) is 0 Å². The molecule has 0 amide bonds. The molecule has 0 aliphatic heterocycles. The molecule has 19 heavy (non-hydrogen) atoms. The van der Waals surface area contributed by atoms with Crippen LogP contribution in [0.15, 0.2) is 48.7 Å². The Hall–Kier alpha value is -2.16. The zero-order valence-electron chi connectivity index (χ0n) is 10.4. The fourth-order valence-electron chi connectivity index (χ4n) is 2.82. The number of rotatable bonds is 2. The van der Waals surface area contributed by atoms with Gasteiger partial charge in [0.1, 0.15) is 11.5 Å². The summed E-state index contributed by atoms with van der Waals surface area (Å²) in [5.41, 5.74) is 3.33. The number of nitrogens with one attached hydrogen (secondary N) is 1. The van der Waals surface area contributed by atoms with Crippen molar-refractivity contribution in [2.75, 3.05) is 0 Å². The zero-order chi connectivity index (χ0) is 12.9. The van der Waals surface area contributed by atoms with E-state index in [-0.39, 0.29) is 11.2 Å². The summed E-state index contributed by atoms with van der Waals surface area (Å²) in [7, 11) is 0. The lowest BCUT2D eigenvalue weighted by Crippen LogP contribution is -2.08. The molecule has 2 nitrogen and oxygen atoms in total. The quantitative estimate of drug-likeness (QED) is 0.738. The van der Waals surface area contributed by atoms with E-state index in [1.165, 1.54) is 23.4 Å². The van der Waals surface area contributed by atoms with Crippen molar-refractivity contribution in [2.45, 2.75) is 18.3 Å². The largest absolute Gasteiger partial charge is 0.342 e. The molecule has 0 saturated heterocycles. The van der Waals surface area contributed by atoms with E-state index >= 15 is 0 Å². The second kappa shape index (κ2) is 3.67. The van der Waals surface area contributed by atoms with Gasteiger partial charge in [0.15, 0.2) is 0 Å². The van der Waals surface area contributed by atoms with Crippen molar-refractivity contribution in [1.82, 2.24) is 9.97 Å². The average molecular weight is 252 g/mol. The molecule has 1 fully saturated rings. The number of fused-ring (bicyclic) bond motifs is 1. The van der Waals surface area contributed by atoms with E-state index in [4.69, 9.17) is 0 Å². The lowest BCUT2D eigenvalue weighted by Gasteiger charge is -2.13. The van der Waals surface area contributed by atoms with Crippen LogP contribution in [0.4, 0.5) is 4.39 Å². The normalized spacial score (nSPS) is 16.7. The van der Waals surface area contributed by atoms with Gasteiger partial charge in [-0.1, -0.05) is 12.1 Å². The standard InChI is InChI=1S/C16H13FN2/c17-13-5-3-12(4-6-13)16(7-8-16)14-10-11-2-1-9-18-15(11)19-14/h1-6,9-10H,7-8H2,(H,18,19). The molecule has 0 radical (unpaired) electrons. The highest BCUT2D eigenvalue weighted by molar-refractivity contribution is 5.77. The van der Waals surface area contributed by atoms with E-state index in [1.807, 2.05) is 18.2 Å². The van der Waals surface area contributed by atoms with E-state index < -0.39 is 0 Å². The van der Waals surface area contributed by atoms with Crippen molar-refractivity contribution in [3.05, 3.63) is 65.7 Å². The number of H-pyrrole nitrogens is 1. The van der Waals surface area contributed by atoms with Gasteiger partial charge < -0.3 is 4.98 Å². The van der Waals surface area contributed by atoms with Crippen LogP contribution in [0.5, 0.6) is 0 Å². The third-order valence-electron chi connectivity index (χ3n) is 4.05. The van der Waals surface area contributed by atoms with Gasteiger partial charge in [0.25, 0.3) is 0 Å². The Morgan fingerprint density at radius 3 is 2.58 bits per heavy atom. The number of pyridine rings is 1. The van der Waals surface area contributed by atoms with Gasteiger partial charge in [-0.25, -0.2) is 9.37 Å². The second-order valence-electron chi connectivity index (χ2n) is 5.21. The number of benzene rings is 1. The number of aromatic nitrogens is 2. The van der Waals surface area contributed by atoms with Crippen LogP contribution < -0.4 is 0 Å². The van der Waals surface area contributed by atoms with Crippen LogP contribution in [0.1, 0.15) is 24.1 Å². The summed E-state index contributed by atoms with van der Waals surface area (Å²) in [5.74, 6) is -0.183. The maximum Gasteiger partial charge on any atom is 0.137 e. The summed E-state index contributed by atoms with van der Waals surface area (Å²) in [4.78, 5) is 7.74. The molecule has 0 atom stereocenters. The minimum Gasteiger partial charge on any atom is -0.342 e. The van der Waals surface area contributed by atoms with Crippen molar-refractivity contribution in [3.63, 3.8) is 0 Å². The Morgan fingerprint density at radius 1 is 1.11 bits per heavy atom. The molecule has 94 valence electrons. The molecule has 1 N–H and O–H groups in total. The van der Waals surface area contributed by atoms with Gasteiger partial charge in [-0.15, -0.1) is 0 Å². The predicted octanol–water partition coefficient (Wildman–Crippen LogP) is 3.78. The zero-order valence-corrected chi connectivity index (χ0v) is 10.4. The summed E-state index contributed by atoms with van der Waals surface area (Å²) in [5, 5.41) is 1.13. The Balaban J connectivity index is 1.84. The van der Waals surface area contributed by atoms with Crippen molar-refractivity contribution in [1.29, 1.82) is 0 Å². The van der Waals surface area contributed by atoms with Crippen LogP contribution in [0.2, 0.25) is 0 Å². The molecule has 0 spiro atoms. The van der Waals surface area contributed by atoms with E-state index in [0.717, 1.165) is 23.9 Å². The van der Waals surface area contributed by atoms with Crippen molar-refractivity contribution in [3.8, 4) is 0 Å². The molecule has 1 aliphatic carbocycles. The maximum atomic E-state index is 13.0. The Bertz CT molecular complexity index is 706. The van der Waals surface area contributed by atoms with Crippen molar-refractivity contribution < 1.29 is 4.39 Å². The first kappa shape index (κ1) is 10.7. The molecular formula is C16H13FN2. The summed E-state index contributed by atoms with van der Waals surface area (Å²) in [6, 6.07) is 13.0. The van der Waals surface area contributed by atoms with E-state index in [9.17, 15) is 4.39 Å². The monoisotopic (exact) mass is 252 g/mol. The number of hydrogen-bond acceptors (Lipinski definition) is 1. The third-order valence-corrected chi connectivity index (χ3v) is 4.05. The summed E-state index contributed by atoms with van der Waals surface area (Å²) < 4.78 is 13.0. The number of nitrogens with zero attached hydrogens (tertiary/aromatic N) is 1. The fraction of sp³-hybridized carbons (Fsp3) is 0.188. The average Bonchev–Trinajstić information content (AvgIpc) is 3.13. The van der Waals surface area contributed by atoms with Gasteiger partial charge in [0.2, 0.25) is 0 Å². The lowest BCUT2D eigenvalue weighted by atomic mass is 9.92. The molecule has 0 unspecified atom stereocenters. The third kappa shape index (κ3) is 1.58. The number of aromatic amines is 1. The Morgan fingerprint density at radius 2 is 1.89 bits per heavy atom. The highest BCUT2D eigenvalue weighted by Crippen LogP contribution is 2.53. The SMILES string of the molecule is Fc1ccc(C2(c3cc4cccnc4[nH]3)CC2)cc1. The topological polar surface area (TPSA) is 28.7 Å². The van der Waals surface area contributed by atoms with Gasteiger partial charge in [0.05, 0.1) is 0 Å². The fourth-order valence-corrected chi connectivity index (χ4v) is 2.82. The van der Waals surface area contributed by atoms with E-state index in [0.29, 0.717) is 0 Å². The highest BCUT2D eigenvalue weighted by Gasteiger charge is 2.47. The summed E-state index contributed by atoms with van der Waals surface area (Å²) in [6.07, 6.45) is 4.00. The molecule has 3 heteroatoms. The molecule has 3 aromatic rings. The van der Waals surface area contributed by atoms with Crippen LogP contribution in [0.3, 0.4) is 0 Å². The van der Waals surface area contributed by atoms with E-state index in [1.54, 1.807) is 6.20 Å². The maximum absolute atomic E-state index is 13.0. The minimum atomic E-state index is -0.183. The smallest absolute Gasteiger partial charge is 0.137 e. The second-order valence-corrected chi connectivity index (χ2v) is 5.21. The summed E-state index contributed by atoms with van der Waals surface area (Å²) in [6.45, 7) is 0. The molecule has 1 aromatic carbocycles. The molecule has 0 bridgehead atoms. The van der Waals surface area contributed by atoms with Gasteiger partial charge >= 0.3 is 0 Å². The Kier molecular flexibility index (Phi) is 2.07. The first-order valence-corrected chi connectivity index (χ1v) is 6.48. The molecular weight excluding hydrogens is 239 g/mol. The molecule has 2 aromatic heterocycles. The molecule has 1 saturated carbocycles. The number of halogens is 1. The van der Waals surface area contributed by atoms with Crippen molar-refractivity contribution >= 4 is 11.0 Å². The minimum absolute atomic E-state index is 0.0361. The summed E-state index contributed by atoms with van der Waals surface area (Å²) >= 11 is 0. The van der Waals surface area contributed by atoms with Crippen LogP contribution in [0, 0.1) is 5.82 Å². The lowest BCUT2D eigenvalue weighted by molar-refractivity contribution is 0.626. The van der Waals surface area contributed by atoms with E-state index in [2.05, 4.69) is 22.1 Å². The van der Waals surface area contributed by atoms with Crippen molar-refractivity contribution in [2.24, 2.45) is 0 Å². The van der Waals surface area contributed by atoms with Crippen LogP contribution >= 0.6 is 0 Å². The van der Waals surface area contributed by atoms with Gasteiger partial charge in [-0.05, 0) is 48.7 Å². The first-order chi connectivity index (χ1) is 9.28. The molecule has 2 heterocycles. The van der Waals surface area contributed by atoms with Crippen LogP contribution in [-0.2, 0) is 5.41 Å². The highest BCUT2D eigenvalue weighted by atomic mass is 19.1. The molecule has 1 aliphatic rings. The number of hydrogen-bond donors (Lipinski definition) is 1. The van der Waals surface area contributed by atoms with Gasteiger partial charge in [-0.3, -0.25) is 0 Å². The van der Waals surface area contributed by atoms with Crippen LogP contribution in [0.25, 0.3) is 11.0 Å². The Labute approximate surface area is 110 Å². The van der Waals surface area contributed by atoms with Crippen LogP contribution in [-0.4, -0.2) is 9.97 Å². The van der Waals surface area contributed by atoms with Gasteiger partial charge in [0, 0.05) is 22.7 Å². The first-order valence-electron chi connectivity index (χ1n) is 6.48. The molecule has 4 rings (SSSR count). The predicted molar refractivity (Wildman–Crippen MR) is 72.5 cm³/mol.